The molecule has 5 nitrogen and oxygen atoms in total. The highest BCUT2D eigenvalue weighted by Crippen LogP contribution is 2.24. The minimum absolute atomic E-state index is 0.139. The molecule has 1 aliphatic heterocycles. The molecule has 0 unspecified atom stereocenters. The van der Waals surface area contributed by atoms with Gasteiger partial charge in [-0.05, 0) is 37.1 Å². The highest BCUT2D eigenvalue weighted by Gasteiger charge is 2.16. The lowest BCUT2D eigenvalue weighted by Gasteiger charge is -2.27. The lowest BCUT2D eigenvalue weighted by Crippen LogP contribution is -2.46. The fraction of sp³-hybridized carbons (Fsp3) is 0.500. The second-order valence-corrected chi connectivity index (χ2v) is 5.28. The SMILES string of the molecule is Cc1cc(C#N)cc(C)c1OCCC(=O)N1CCNCC1. The number of amides is 1. The maximum absolute atomic E-state index is 12.0. The molecule has 0 saturated carbocycles. The number of hydrogen-bond acceptors (Lipinski definition) is 4. The van der Waals surface area contributed by atoms with Gasteiger partial charge in [-0.15, -0.1) is 0 Å². The summed E-state index contributed by atoms with van der Waals surface area (Å²) >= 11 is 0. The number of benzene rings is 1. The van der Waals surface area contributed by atoms with Crippen molar-refractivity contribution < 1.29 is 9.53 Å². The third kappa shape index (κ3) is 3.96. The van der Waals surface area contributed by atoms with E-state index in [0.29, 0.717) is 18.6 Å². The van der Waals surface area contributed by atoms with Crippen molar-refractivity contribution in [2.45, 2.75) is 20.3 Å². The average molecular weight is 287 g/mol. The Morgan fingerprint density at radius 1 is 1.33 bits per heavy atom. The van der Waals surface area contributed by atoms with Crippen LogP contribution in [-0.2, 0) is 4.79 Å². The third-order valence-electron chi connectivity index (χ3n) is 3.62. The van der Waals surface area contributed by atoms with E-state index in [-0.39, 0.29) is 5.91 Å². The largest absolute Gasteiger partial charge is 0.493 e. The first-order valence-corrected chi connectivity index (χ1v) is 7.24. The van der Waals surface area contributed by atoms with Gasteiger partial charge in [-0.3, -0.25) is 4.79 Å². The van der Waals surface area contributed by atoms with Gasteiger partial charge >= 0.3 is 0 Å². The molecule has 112 valence electrons. The molecule has 0 bridgehead atoms. The minimum atomic E-state index is 0.139. The Balaban J connectivity index is 1.89. The van der Waals surface area contributed by atoms with Crippen LogP contribution in [0.15, 0.2) is 12.1 Å². The first-order chi connectivity index (χ1) is 10.1. The van der Waals surface area contributed by atoms with Crippen LogP contribution in [0.5, 0.6) is 5.75 Å². The Morgan fingerprint density at radius 2 is 1.95 bits per heavy atom. The summed E-state index contributed by atoms with van der Waals surface area (Å²) in [4.78, 5) is 13.9. The van der Waals surface area contributed by atoms with Crippen molar-refractivity contribution in [2.24, 2.45) is 0 Å². The van der Waals surface area contributed by atoms with Crippen LogP contribution in [-0.4, -0.2) is 43.6 Å². The lowest BCUT2D eigenvalue weighted by molar-refractivity contribution is -0.132. The van der Waals surface area contributed by atoms with Gasteiger partial charge < -0.3 is 15.0 Å². The lowest BCUT2D eigenvalue weighted by atomic mass is 10.1. The summed E-state index contributed by atoms with van der Waals surface area (Å²) in [6.07, 6.45) is 0.388. The number of nitrogens with zero attached hydrogens (tertiary/aromatic N) is 2. The normalized spacial score (nSPS) is 14.6. The Kier molecular flexibility index (Phi) is 5.18. The van der Waals surface area contributed by atoms with Gasteiger partial charge in [0.15, 0.2) is 0 Å². The number of ether oxygens (including phenoxy) is 1. The fourth-order valence-electron chi connectivity index (χ4n) is 2.56. The van der Waals surface area contributed by atoms with Gasteiger partial charge in [0.1, 0.15) is 5.75 Å². The van der Waals surface area contributed by atoms with Gasteiger partial charge in [-0.2, -0.15) is 5.26 Å². The van der Waals surface area contributed by atoms with E-state index in [1.807, 2.05) is 18.7 Å². The molecule has 1 saturated heterocycles. The molecule has 1 aliphatic rings. The van der Waals surface area contributed by atoms with Crippen molar-refractivity contribution in [3.05, 3.63) is 28.8 Å². The van der Waals surface area contributed by atoms with Crippen LogP contribution in [0.3, 0.4) is 0 Å². The Labute approximate surface area is 125 Å². The monoisotopic (exact) mass is 287 g/mol. The zero-order valence-corrected chi connectivity index (χ0v) is 12.6. The molecule has 1 N–H and O–H groups in total. The van der Waals surface area contributed by atoms with Crippen molar-refractivity contribution in [1.82, 2.24) is 10.2 Å². The summed E-state index contributed by atoms with van der Waals surface area (Å²) in [5.41, 5.74) is 2.50. The quantitative estimate of drug-likeness (QED) is 0.908. The highest BCUT2D eigenvalue weighted by molar-refractivity contribution is 5.76. The summed E-state index contributed by atoms with van der Waals surface area (Å²) in [5, 5.41) is 12.2. The first kappa shape index (κ1) is 15.3. The number of aryl methyl sites for hydroxylation is 2. The second kappa shape index (κ2) is 7.09. The number of nitriles is 1. The van der Waals surface area contributed by atoms with Gasteiger partial charge in [0, 0.05) is 26.2 Å². The van der Waals surface area contributed by atoms with Gasteiger partial charge in [-0.25, -0.2) is 0 Å². The van der Waals surface area contributed by atoms with Crippen molar-refractivity contribution in [2.75, 3.05) is 32.8 Å². The van der Waals surface area contributed by atoms with E-state index in [0.717, 1.165) is 43.1 Å². The van der Waals surface area contributed by atoms with Crippen LogP contribution in [0.4, 0.5) is 0 Å². The molecule has 1 aromatic rings. The molecule has 0 spiro atoms. The standard InChI is InChI=1S/C16H21N3O2/c1-12-9-14(11-17)10-13(2)16(12)21-8-3-15(20)19-6-4-18-5-7-19/h9-10,18H,3-8H2,1-2H3. The van der Waals surface area contributed by atoms with Crippen LogP contribution >= 0.6 is 0 Å². The second-order valence-electron chi connectivity index (χ2n) is 5.28. The van der Waals surface area contributed by atoms with Crippen LogP contribution < -0.4 is 10.1 Å². The van der Waals surface area contributed by atoms with E-state index < -0.39 is 0 Å². The highest BCUT2D eigenvalue weighted by atomic mass is 16.5. The minimum Gasteiger partial charge on any atom is -0.493 e. The summed E-state index contributed by atoms with van der Waals surface area (Å²) in [6.45, 7) is 7.47. The number of carbonyl (C=O) groups is 1. The van der Waals surface area contributed by atoms with Crippen molar-refractivity contribution in [3.8, 4) is 11.8 Å². The number of piperazine rings is 1. The van der Waals surface area contributed by atoms with E-state index in [9.17, 15) is 4.79 Å². The molecular formula is C16H21N3O2. The van der Waals surface area contributed by atoms with Gasteiger partial charge in [0.2, 0.25) is 5.91 Å². The van der Waals surface area contributed by atoms with Gasteiger partial charge in [-0.1, -0.05) is 0 Å². The maximum Gasteiger partial charge on any atom is 0.226 e. The number of rotatable bonds is 4. The van der Waals surface area contributed by atoms with E-state index in [1.165, 1.54) is 0 Å². The molecule has 1 fully saturated rings. The molecule has 5 heteroatoms. The van der Waals surface area contributed by atoms with Crippen molar-refractivity contribution in [3.63, 3.8) is 0 Å². The number of hydrogen-bond donors (Lipinski definition) is 1. The zero-order chi connectivity index (χ0) is 15.2. The number of carbonyl (C=O) groups excluding carboxylic acids is 1. The summed E-state index contributed by atoms with van der Waals surface area (Å²) in [6, 6.07) is 5.74. The number of nitrogens with one attached hydrogen (secondary N) is 1. The van der Waals surface area contributed by atoms with Crippen molar-refractivity contribution >= 4 is 5.91 Å². The molecule has 0 atom stereocenters. The predicted molar refractivity (Wildman–Crippen MR) is 80.2 cm³/mol. The molecule has 0 aromatic heterocycles. The van der Waals surface area contributed by atoms with Crippen LogP contribution in [0.2, 0.25) is 0 Å². The summed E-state index contributed by atoms with van der Waals surface area (Å²) in [5.74, 6) is 0.919. The van der Waals surface area contributed by atoms with E-state index in [1.54, 1.807) is 12.1 Å². The molecule has 2 rings (SSSR count). The van der Waals surface area contributed by atoms with Crippen molar-refractivity contribution in [1.29, 1.82) is 5.26 Å². The van der Waals surface area contributed by atoms with E-state index in [2.05, 4.69) is 11.4 Å². The average Bonchev–Trinajstić information content (AvgIpc) is 2.50. The molecule has 21 heavy (non-hydrogen) atoms. The fourth-order valence-corrected chi connectivity index (χ4v) is 2.56. The molecule has 1 heterocycles. The predicted octanol–water partition coefficient (Wildman–Crippen LogP) is 1.38. The molecule has 1 amide bonds. The molecule has 0 radical (unpaired) electrons. The van der Waals surface area contributed by atoms with Crippen LogP contribution in [0.25, 0.3) is 0 Å². The Hall–Kier alpha value is -2.06. The third-order valence-corrected chi connectivity index (χ3v) is 3.62. The first-order valence-electron chi connectivity index (χ1n) is 7.24. The molecular weight excluding hydrogens is 266 g/mol. The summed E-state index contributed by atoms with van der Waals surface area (Å²) < 4.78 is 5.76. The van der Waals surface area contributed by atoms with Gasteiger partial charge in [0.25, 0.3) is 0 Å². The van der Waals surface area contributed by atoms with E-state index >= 15 is 0 Å². The molecule has 0 aliphatic carbocycles. The zero-order valence-electron chi connectivity index (χ0n) is 12.6. The van der Waals surface area contributed by atoms with Gasteiger partial charge in [0.05, 0.1) is 24.7 Å². The maximum atomic E-state index is 12.0. The topological polar surface area (TPSA) is 65.4 Å². The van der Waals surface area contributed by atoms with E-state index in [4.69, 9.17) is 10.00 Å². The smallest absolute Gasteiger partial charge is 0.226 e. The summed E-state index contributed by atoms with van der Waals surface area (Å²) in [7, 11) is 0. The Morgan fingerprint density at radius 3 is 2.52 bits per heavy atom. The molecule has 1 aromatic carbocycles. The van der Waals surface area contributed by atoms with Crippen LogP contribution in [0.1, 0.15) is 23.1 Å². The Bertz CT molecular complexity index is 534. The van der Waals surface area contributed by atoms with Crippen LogP contribution in [0, 0.1) is 25.2 Å².